The van der Waals surface area contributed by atoms with E-state index in [0.717, 1.165) is 19.4 Å². The molecular formula is C5H12N2O. The number of nitroso groups, excluding NO2 is 1. The molecule has 0 fully saturated rings. The van der Waals surface area contributed by atoms with Crippen LogP contribution in [-0.4, -0.2) is 13.2 Å². The molecule has 0 amide bonds. The van der Waals surface area contributed by atoms with E-state index in [1.807, 2.05) is 0 Å². The highest BCUT2D eigenvalue weighted by Gasteiger charge is 1.80. The monoisotopic (exact) mass is 116 g/mol. The van der Waals surface area contributed by atoms with Crippen molar-refractivity contribution in [2.24, 2.45) is 5.18 Å². The molecule has 0 atom stereocenters. The average molecular weight is 116 g/mol. The van der Waals surface area contributed by atoms with Gasteiger partial charge in [-0.1, -0.05) is 18.5 Å². The first-order valence-corrected chi connectivity index (χ1v) is 2.91. The summed E-state index contributed by atoms with van der Waals surface area (Å²) in [5.41, 5.74) is 0. The van der Waals surface area contributed by atoms with Crippen molar-refractivity contribution in [1.29, 1.82) is 0 Å². The summed E-state index contributed by atoms with van der Waals surface area (Å²) in [5.74, 6) is 0. The van der Waals surface area contributed by atoms with Gasteiger partial charge in [-0.2, -0.15) is 0 Å². The van der Waals surface area contributed by atoms with Crippen LogP contribution in [0.5, 0.6) is 0 Å². The molecule has 1 N–H and O–H groups in total. The van der Waals surface area contributed by atoms with Crippen molar-refractivity contribution in [3.05, 3.63) is 4.91 Å². The molecule has 0 saturated carbocycles. The number of nitrogens with zero attached hydrogens (tertiary/aromatic N) is 1. The minimum absolute atomic E-state index is 0.250. The maximum absolute atomic E-state index is 9.46. The van der Waals surface area contributed by atoms with E-state index in [4.69, 9.17) is 0 Å². The fraction of sp³-hybridized carbons (Fsp3) is 1.00. The lowest BCUT2D eigenvalue weighted by Crippen LogP contribution is -2.13. The Morgan fingerprint density at radius 2 is 2.38 bits per heavy atom. The molecule has 0 aliphatic heterocycles. The van der Waals surface area contributed by atoms with Crippen molar-refractivity contribution in [2.75, 3.05) is 13.2 Å². The molecule has 0 aliphatic carbocycles. The van der Waals surface area contributed by atoms with E-state index in [0.29, 0.717) is 0 Å². The summed E-state index contributed by atoms with van der Waals surface area (Å²) in [6.45, 7) is 3.26. The van der Waals surface area contributed by atoms with E-state index < -0.39 is 0 Å². The van der Waals surface area contributed by atoms with Gasteiger partial charge in [0.1, 0.15) is 6.67 Å². The van der Waals surface area contributed by atoms with Gasteiger partial charge in [-0.25, -0.2) is 0 Å². The quantitative estimate of drug-likeness (QED) is 0.431. The maximum Gasteiger partial charge on any atom is 0.131 e. The van der Waals surface area contributed by atoms with E-state index >= 15 is 0 Å². The topological polar surface area (TPSA) is 41.5 Å². The van der Waals surface area contributed by atoms with Crippen LogP contribution in [-0.2, 0) is 0 Å². The normalized spacial score (nSPS) is 9.12. The molecule has 0 aromatic heterocycles. The van der Waals surface area contributed by atoms with Gasteiger partial charge in [0, 0.05) is 0 Å². The maximum atomic E-state index is 9.46. The summed E-state index contributed by atoms with van der Waals surface area (Å²) < 4.78 is 0. The third kappa shape index (κ3) is 5.56. The molecule has 0 aromatic rings. The van der Waals surface area contributed by atoms with Gasteiger partial charge in [0.05, 0.1) is 0 Å². The highest BCUT2D eigenvalue weighted by molar-refractivity contribution is 4.41. The van der Waals surface area contributed by atoms with Gasteiger partial charge in [0.2, 0.25) is 0 Å². The van der Waals surface area contributed by atoms with E-state index in [2.05, 4.69) is 17.4 Å². The molecule has 0 saturated heterocycles. The lowest BCUT2D eigenvalue weighted by Gasteiger charge is -1.93. The predicted molar refractivity (Wildman–Crippen MR) is 33.6 cm³/mol. The van der Waals surface area contributed by atoms with Crippen molar-refractivity contribution < 1.29 is 0 Å². The van der Waals surface area contributed by atoms with Gasteiger partial charge in [0.15, 0.2) is 0 Å². The Labute approximate surface area is 49.4 Å². The van der Waals surface area contributed by atoms with Crippen molar-refractivity contribution in [2.45, 2.75) is 19.8 Å². The molecule has 0 aliphatic rings. The van der Waals surface area contributed by atoms with E-state index in [1.54, 1.807) is 0 Å². The van der Waals surface area contributed by atoms with Gasteiger partial charge < -0.3 is 0 Å². The summed E-state index contributed by atoms with van der Waals surface area (Å²) in [6, 6.07) is 0. The standard InChI is InChI=1S/C5H12N2O/c1-2-3-4-6-5-7-8/h6H,2-5H2,1H3. The Morgan fingerprint density at radius 3 is 2.88 bits per heavy atom. The minimum Gasteiger partial charge on any atom is -0.295 e. The predicted octanol–water partition coefficient (Wildman–Crippen LogP) is 1.10. The van der Waals surface area contributed by atoms with Crippen LogP contribution in [0.4, 0.5) is 0 Å². The van der Waals surface area contributed by atoms with Gasteiger partial charge in [0.25, 0.3) is 0 Å². The molecule has 0 unspecified atom stereocenters. The van der Waals surface area contributed by atoms with Crippen LogP contribution in [0.2, 0.25) is 0 Å². The van der Waals surface area contributed by atoms with E-state index in [9.17, 15) is 4.91 Å². The molecule has 8 heavy (non-hydrogen) atoms. The molecule has 3 nitrogen and oxygen atoms in total. The third-order valence-corrected chi connectivity index (χ3v) is 0.883. The first-order valence-electron chi connectivity index (χ1n) is 2.91. The molecular weight excluding hydrogens is 104 g/mol. The van der Waals surface area contributed by atoms with Crippen LogP contribution in [0, 0.1) is 4.91 Å². The van der Waals surface area contributed by atoms with Gasteiger partial charge in [-0.3, -0.25) is 5.32 Å². The Kier molecular flexibility index (Phi) is 6.20. The van der Waals surface area contributed by atoms with E-state index in [-0.39, 0.29) is 6.67 Å². The smallest absolute Gasteiger partial charge is 0.131 e. The second-order valence-corrected chi connectivity index (χ2v) is 1.64. The second-order valence-electron chi connectivity index (χ2n) is 1.64. The average Bonchev–Trinajstić information content (AvgIpc) is 1.81. The number of rotatable bonds is 5. The van der Waals surface area contributed by atoms with Gasteiger partial charge >= 0.3 is 0 Å². The summed E-state index contributed by atoms with van der Waals surface area (Å²) >= 11 is 0. The van der Waals surface area contributed by atoms with Crippen LogP contribution in [0.25, 0.3) is 0 Å². The van der Waals surface area contributed by atoms with Gasteiger partial charge in [-0.05, 0) is 13.0 Å². The Hall–Kier alpha value is -0.440. The minimum atomic E-state index is 0.250. The number of unbranched alkanes of at least 4 members (excludes halogenated alkanes) is 1. The molecule has 0 aromatic carbocycles. The first kappa shape index (κ1) is 7.56. The largest absolute Gasteiger partial charge is 0.295 e. The lowest BCUT2D eigenvalue weighted by atomic mass is 10.3. The van der Waals surface area contributed by atoms with E-state index in [1.165, 1.54) is 0 Å². The summed E-state index contributed by atoms with van der Waals surface area (Å²) in [7, 11) is 0. The molecule has 0 heterocycles. The summed E-state index contributed by atoms with van der Waals surface area (Å²) in [5, 5.41) is 5.50. The fourth-order valence-corrected chi connectivity index (χ4v) is 0.426. The van der Waals surface area contributed by atoms with Crippen molar-refractivity contribution in [1.82, 2.24) is 5.32 Å². The molecule has 0 spiro atoms. The van der Waals surface area contributed by atoms with Crippen molar-refractivity contribution >= 4 is 0 Å². The van der Waals surface area contributed by atoms with Crippen LogP contribution < -0.4 is 5.32 Å². The van der Waals surface area contributed by atoms with Gasteiger partial charge in [-0.15, -0.1) is 4.91 Å². The molecule has 48 valence electrons. The zero-order chi connectivity index (χ0) is 6.24. The highest BCUT2D eigenvalue weighted by Crippen LogP contribution is 1.80. The van der Waals surface area contributed by atoms with Crippen LogP contribution in [0.3, 0.4) is 0 Å². The number of nitrogens with one attached hydrogen (secondary N) is 1. The third-order valence-electron chi connectivity index (χ3n) is 0.883. The number of hydrogen-bond donors (Lipinski definition) is 1. The Bertz CT molecular complexity index is 56.4. The zero-order valence-corrected chi connectivity index (χ0v) is 5.18. The molecule has 3 heteroatoms. The molecule has 0 radical (unpaired) electrons. The number of hydrogen-bond acceptors (Lipinski definition) is 3. The SMILES string of the molecule is CCCCNCN=O. The van der Waals surface area contributed by atoms with Crippen molar-refractivity contribution in [3.63, 3.8) is 0 Å². The van der Waals surface area contributed by atoms with Crippen LogP contribution >= 0.6 is 0 Å². The Balaban J connectivity index is 2.62. The van der Waals surface area contributed by atoms with Crippen molar-refractivity contribution in [3.8, 4) is 0 Å². The first-order chi connectivity index (χ1) is 3.91. The Morgan fingerprint density at radius 1 is 1.62 bits per heavy atom. The zero-order valence-electron chi connectivity index (χ0n) is 5.18. The highest BCUT2D eigenvalue weighted by atomic mass is 16.3. The van der Waals surface area contributed by atoms with Crippen LogP contribution in [0.1, 0.15) is 19.8 Å². The lowest BCUT2D eigenvalue weighted by molar-refractivity contribution is 0.652. The second kappa shape index (κ2) is 6.56. The summed E-state index contributed by atoms with van der Waals surface area (Å²) in [6.07, 6.45) is 2.28. The van der Waals surface area contributed by atoms with Crippen LogP contribution in [0.15, 0.2) is 5.18 Å². The molecule has 0 bridgehead atoms. The molecule has 0 rings (SSSR count). The fourth-order valence-electron chi connectivity index (χ4n) is 0.426. The summed E-state index contributed by atoms with van der Waals surface area (Å²) in [4.78, 5) is 9.46.